The van der Waals surface area contributed by atoms with Crippen molar-refractivity contribution >= 4 is 19.4 Å². The fraction of sp³-hybridized carbons (Fsp3) is 0.455. The van der Waals surface area contributed by atoms with E-state index in [4.69, 9.17) is 4.74 Å². The summed E-state index contributed by atoms with van der Waals surface area (Å²) in [7, 11) is 1.75. The second-order valence-corrected chi connectivity index (χ2v) is 6.67. The standard InChI is InChI=1S/C11H14OSe/c1-7-4-11-9(5-8(2)13-11)6-10(7)12-3/h4,6,8H,5H2,1-3H3. The molecule has 2 rings (SSSR count). The summed E-state index contributed by atoms with van der Waals surface area (Å²) in [4.78, 5) is 0.869. The Morgan fingerprint density at radius 1 is 1.46 bits per heavy atom. The molecule has 13 heavy (non-hydrogen) atoms. The summed E-state index contributed by atoms with van der Waals surface area (Å²) in [5.41, 5.74) is 2.78. The van der Waals surface area contributed by atoms with Crippen LogP contribution in [0.1, 0.15) is 18.1 Å². The number of ether oxygens (including phenoxy) is 1. The number of fused-ring (bicyclic) bond motifs is 1. The minimum absolute atomic E-state index is 0.687. The predicted molar refractivity (Wildman–Crippen MR) is 56.2 cm³/mol. The summed E-state index contributed by atoms with van der Waals surface area (Å²) in [6.45, 7) is 4.46. The Morgan fingerprint density at radius 2 is 2.23 bits per heavy atom. The van der Waals surface area contributed by atoms with Crippen molar-refractivity contribution in [2.75, 3.05) is 7.11 Å². The van der Waals surface area contributed by atoms with E-state index in [0.717, 1.165) is 10.6 Å². The van der Waals surface area contributed by atoms with Crippen LogP contribution in [-0.2, 0) is 6.42 Å². The minimum atomic E-state index is 0.687. The molecule has 0 saturated carbocycles. The van der Waals surface area contributed by atoms with E-state index in [1.807, 2.05) is 0 Å². The third-order valence-electron chi connectivity index (χ3n) is 2.41. The average molecular weight is 241 g/mol. The van der Waals surface area contributed by atoms with Gasteiger partial charge in [0, 0.05) is 0 Å². The third-order valence-corrected chi connectivity index (χ3v) is 4.94. The van der Waals surface area contributed by atoms with Crippen molar-refractivity contribution in [3.8, 4) is 5.75 Å². The van der Waals surface area contributed by atoms with E-state index < -0.39 is 0 Å². The van der Waals surface area contributed by atoms with E-state index in [9.17, 15) is 0 Å². The van der Waals surface area contributed by atoms with Crippen molar-refractivity contribution < 1.29 is 4.74 Å². The summed E-state index contributed by atoms with van der Waals surface area (Å²) < 4.78 is 6.89. The Kier molecular flexibility index (Phi) is 2.35. The van der Waals surface area contributed by atoms with Gasteiger partial charge in [0.2, 0.25) is 0 Å². The van der Waals surface area contributed by atoms with Crippen LogP contribution in [0.25, 0.3) is 0 Å². The molecule has 70 valence electrons. The van der Waals surface area contributed by atoms with Gasteiger partial charge in [-0.1, -0.05) is 0 Å². The molecule has 0 aliphatic carbocycles. The van der Waals surface area contributed by atoms with Crippen molar-refractivity contribution in [1.82, 2.24) is 0 Å². The molecule has 1 heterocycles. The van der Waals surface area contributed by atoms with Gasteiger partial charge < -0.3 is 0 Å². The van der Waals surface area contributed by atoms with Crippen LogP contribution in [0.2, 0.25) is 4.82 Å². The van der Waals surface area contributed by atoms with Gasteiger partial charge in [0.25, 0.3) is 0 Å². The summed E-state index contributed by atoms with van der Waals surface area (Å²) >= 11 is 0.687. The number of hydrogen-bond acceptors (Lipinski definition) is 1. The molecule has 0 radical (unpaired) electrons. The average Bonchev–Trinajstić information content (AvgIpc) is 2.42. The molecule has 0 N–H and O–H groups in total. The van der Waals surface area contributed by atoms with E-state index in [2.05, 4.69) is 26.0 Å². The van der Waals surface area contributed by atoms with Gasteiger partial charge in [0.1, 0.15) is 0 Å². The van der Waals surface area contributed by atoms with Gasteiger partial charge in [0.05, 0.1) is 0 Å². The SMILES string of the molecule is COc1cc2c(cc1C)[Se]C(C)C2. The van der Waals surface area contributed by atoms with Crippen LogP contribution >= 0.6 is 0 Å². The quantitative estimate of drug-likeness (QED) is 0.680. The summed E-state index contributed by atoms with van der Waals surface area (Å²) in [6.07, 6.45) is 1.24. The third kappa shape index (κ3) is 1.61. The fourth-order valence-electron chi connectivity index (χ4n) is 1.76. The van der Waals surface area contributed by atoms with Crippen molar-refractivity contribution in [3.63, 3.8) is 0 Å². The summed E-state index contributed by atoms with van der Waals surface area (Å²) in [5.74, 6) is 1.05. The number of benzene rings is 1. The monoisotopic (exact) mass is 242 g/mol. The first-order chi connectivity index (χ1) is 6.20. The van der Waals surface area contributed by atoms with Gasteiger partial charge in [-0.3, -0.25) is 0 Å². The van der Waals surface area contributed by atoms with Gasteiger partial charge in [0.15, 0.2) is 0 Å². The zero-order valence-corrected chi connectivity index (χ0v) is 9.97. The fourth-order valence-corrected chi connectivity index (χ4v) is 4.35. The molecular weight excluding hydrogens is 227 g/mol. The van der Waals surface area contributed by atoms with Crippen LogP contribution in [0.3, 0.4) is 0 Å². The Bertz CT molecular complexity index is 333. The number of aryl methyl sites for hydroxylation is 1. The van der Waals surface area contributed by atoms with E-state index in [0.29, 0.717) is 15.0 Å². The van der Waals surface area contributed by atoms with Crippen molar-refractivity contribution in [3.05, 3.63) is 23.3 Å². The predicted octanol–water partition coefficient (Wildman–Crippen LogP) is 1.70. The molecular formula is C11H14OSe. The maximum absolute atomic E-state index is 5.31. The van der Waals surface area contributed by atoms with Crippen LogP contribution in [0.5, 0.6) is 5.75 Å². The topological polar surface area (TPSA) is 9.23 Å². The van der Waals surface area contributed by atoms with Crippen molar-refractivity contribution in [1.29, 1.82) is 0 Å². The number of hydrogen-bond donors (Lipinski definition) is 0. The van der Waals surface area contributed by atoms with Crippen LogP contribution in [0.15, 0.2) is 12.1 Å². The molecule has 1 aliphatic heterocycles. The molecule has 0 spiro atoms. The molecule has 0 aromatic heterocycles. The van der Waals surface area contributed by atoms with Gasteiger partial charge >= 0.3 is 85.4 Å². The second kappa shape index (κ2) is 3.36. The second-order valence-electron chi connectivity index (χ2n) is 3.56. The first kappa shape index (κ1) is 9.11. The van der Waals surface area contributed by atoms with Gasteiger partial charge in [-0.25, -0.2) is 0 Å². The molecule has 0 saturated heterocycles. The van der Waals surface area contributed by atoms with E-state index >= 15 is 0 Å². The maximum atomic E-state index is 5.31. The van der Waals surface area contributed by atoms with Gasteiger partial charge in [-0.2, -0.15) is 0 Å². The Balaban J connectivity index is 2.44. The van der Waals surface area contributed by atoms with E-state index in [1.165, 1.54) is 17.5 Å². The van der Waals surface area contributed by atoms with Crippen LogP contribution in [0.4, 0.5) is 0 Å². The molecule has 2 heteroatoms. The first-order valence-electron chi connectivity index (χ1n) is 4.55. The molecule has 1 aromatic carbocycles. The molecule has 1 atom stereocenters. The molecule has 1 aliphatic rings. The molecule has 0 fully saturated rings. The number of methoxy groups -OCH3 is 1. The molecule has 1 aromatic rings. The van der Waals surface area contributed by atoms with Crippen LogP contribution < -0.4 is 9.20 Å². The Labute approximate surface area is 85.6 Å². The zero-order chi connectivity index (χ0) is 9.42. The molecule has 0 bridgehead atoms. The van der Waals surface area contributed by atoms with Gasteiger partial charge in [-0.15, -0.1) is 0 Å². The van der Waals surface area contributed by atoms with Crippen LogP contribution in [0, 0.1) is 6.92 Å². The Morgan fingerprint density at radius 3 is 2.92 bits per heavy atom. The zero-order valence-electron chi connectivity index (χ0n) is 8.26. The molecule has 0 amide bonds. The van der Waals surface area contributed by atoms with Gasteiger partial charge in [-0.05, 0) is 0 Å². The Hall–Kier alpha value is -0.461. The summed E-state index contributed by atoms with van der Waals surface area (Å²) in [6, 6.07) is 4.52. The first-order valence-corrected chi connectivity index (χ1v) is 6.39. The molecule has 1 unspecified atom stereocenters. The summed E-state index contributed by atoms with van der Waals surface area (Å²) in [5, 5.41) is 0. The number of rotatable bonds is 1. The van der Waals surface area contributed by atoms with Crippen LogP contribution in [-0.4, -0.2) is 22.1 Å². The van der Waals surface area contributed by atoms with Crippen molar-refractivity contribution in [2.24, 2.45) is 0 Å². The van der Waals surface area contributed by atoms with E-state index in [1.54, 1.807) is 11.6 Å². The van der Waals surface area contributed by atoms with E-state index in [-0.39, 0.29) is 0 Å². The molecule has 1 nitrogen and oxygen atoms in total. The normalized spacial score (nSPS) is 20.1. The van der Waals surface area contributed by atoms with Crippen molar-refractivity contribution in [2.45, 2.75) is 25.1 Å².